The number of aliphatic hydroxyl groups excluding tert-OH is 1. The third-order valence-electron chi connectivity index (χ3n) is 1.63. The molecule has 0 bridgehead atoms. The van der Waals surface area contributed by atoms with Gasteiger partial charge in [0, 0.05) is 0 Å². The van der Waals surface area contributed by atoms with Crippen molar-refractivity contribution in [2.24, 2.45) is 0 Å². The molecule has 1 N–H and O–H groups in total. The van der Waals surface area contributed by atoms with Gasteiger partial charge in [-0.1, -0.05) is 37.8 Å². The van der Waals surface area contributed by atoms with Crippen LogP contribution in [0.4, 0.5) is 0 Å². The van der Waals surface area contributed by atoms with Gasteiger partial charge in [-0.3, -0.25) is 0 Å². The molecule has 0 aromatic heterocycles. The van der Waals surface area contributed by atoms with Crippen LogP contribution in [0.3, 0.4) is 0 Å². The lowest BCUT2D eigenvalue weighted by Gasteiger charge is -2.04. The summed E-state index contributed by atoms with van der Waals surface area (Å²) < 4.78 is 0. The molecule has 0 fully saturated rings. The summed E-state index contributed by atoms with van der Waals surface area (Å²) in [7, 11) is 0. The molecule has 0 amide bonds. The highest BCUT2D eigenvalue weighted by molar-refractivity contribution is 4.97. The van der Waals surface area contributed by atoms with Crippen molar-refractivity contribution in [2.45, 2.75) is 52.6 Å². The van der Waals surface area contributed by atoms with Crippen LogP contribution in [0.1, 0.15) is 46.5 Å². The van der Waals surface area contributed by atoms with Crippen LogP contribution in [0.25, 0.3) is 0 Å². The minimum atomic E-state index is -0.216. The first-order valence-electron chi connectivity index (χ1n) is 4.50. The Balaban J connectivity index is 3.37. The number of unbranched alkanes of at least 4 members (excludes halogenated alkanes) is 2. The molecule has 0 rings (SSSR count). The monoisotopic (exact) mass is 156 g/mol. The van der Waals surface area contributed by atoms with Gasteiger partial charge < -0.3 is 5.11 Å². The fourth-order valence-electron chi connectivity index (χ4n) is 1.07. The molecule has 0 radical (unpaired) electrons. The second-order valence-electron chi connectivity index (χ2n) is 3.31. The van der Waals surface area contributed by atoms with E-state index in [0.29, 0.717) is 0 Å². The molecule has 0 aromatic rings. The van der Waals surface area contributed by atoms with Crippen molar-refractivity contribution in [1.82, 2.24) is 0 Å². The van der Waals surface area contributed by atoms with Crippen LogP contribution < -0.4 is 0 Å². The van der Waals surface area contributed by atoms with E-state index < -0.39 is 0 Å². The molecular formula is C10H20O. The molecule has 0 aliphatic heterocycles. The Labute approximate surface area is 70.1 Å². The zero-order valence-electron chi connectivity index (χ0n) is 7.93. The molecule has 11 heavy (non-hydrogen) atoms. The van der Waals surface area contributed by atoms with Crippen LogP contribution in [0.5, 0.6) is 0 Å². The maximum absolute atomic E-state index is 9.37. The highest BCUT2D eigenvalue weighted by Crippen LogP contribution is 2.05. The summed E-state index contributed by atoms with van der Waals surface area (Å²) in [5.74, 6) is 0. The van der Waals surface area contributed by atoms with Crippen LogP contribution >= 0.6 is 0 Å². The van der Waals surface area contributed by atoms with E-state index in [1.165, 1.54) is 18.4 Å². The lowest BCUT2D eigenvalue weighted by molar-refractivity contribution is 0.207. The molecule has 0 spiro atoms. The maximum atomic E-state index is 9.37. The van der Waals surface area contributed by atoms with Crippen molar-refractivity contribution in [3.8, 4) is 0 Å². The number of aliphatic hydroxyl groups is 1. The van der Waals surface area contributed by atoms with E-state index in [1.807, 2.05) is 19.9 Å². The minimum Gasteiger partial charge on any atom is -0.389 e. The fraction of sp³-hybridized carbons (Fsp3) is 0.800. The highest BCUT2D eigenvalue weighted by atomic mass is 16.3. The Morgan fingerprint density at radius 3 is 2.45 bits per heavy atom. The molecule has 0 aliphatic carbocycles. The van der Waals surface area contributed by atoms with Gasteiger partial charge in [0.05, 0.1) is 6.10 Å². The van der Waals surface area contributed by atoms with Crippen LogP contribution in [0.15, 0.2) is 11.6 Å². The van der Waals surface area contributed by atoms with Gasteiger partial charge in [0.25, 0.3) is 0 Å². The molecule has 0 heterocycles. The summed E-state index contributed by atoms with van der Waals surface area (Å²) >= 11 is 0. The van der Waals surface area contributed by atoms with Crippen LogP contribution in [-0.2, 0) is 0 Å². The molecule has 0 saturated heterocycles. The van der Waals surface area contributed by atoms with Crippen LogP contribution in [0.2, 0.25) is 0 Å². The predicted molar refractivity (Wildman–Crippen MR) is 49.6 cm³/mol. The lowest BCUT2D eigenvalue weighted by atomic mass is 10.1. The van der Waals surface area contributed by atoms with E-state index in [0.717, 1.165) is 12.8 Å². The van der Waals surface area contributed by atoms with Crippen molar-refractivity contribution in [3.63, 3.8) is 0 Å². The summed E-state index contributed by atoms with van der Waals surface area (Å²) in [5, 5.41) is 9.37. The molecule has 1 nitrogen and oxygen atoms in total. The van der Waals surface area contributed by atoms with Crippen molar-refractivity contribution in [3.05, 3.63) is 11.6 Å². The second-order valence-corrected chi connectivity index (χ2v) is 3.31. The van der Waals surface area contributed by atoms with Gasteiger partial charge in [-0.15, -0.1) is 0 Å². The number of hydrogen-bond acceptors (Lipinski definition) is 1. The first-order chi connectivity index (χ1) is 5.16. The van der Waals surface area contributed by atoms with E-state index in [1.54, 1.807) is 0 Å². The Hall–Kier alpha value is -0.300. The average molecular weight is 156 g/mol. The quantitative estimate of drug-likeness (QED) is 0.479. The zero-order valence-corrected chi connectivity index (χ0v) is 7.93. The Bertz CT molecular complexity index is 112. The normalized spacial score (nSPS) is 12.7. The number of allylic oxidation sites excluding steroid dienone is 1. The fourth-order valence-corrected chi connectivity index (χ4v) is 1.07. The molecule has 0 aliphatic rings. The van der Waals surface area contributed by atoms with Gasteiger partial charge in [-0.2, -0.15) is 0 Å². The van der Waals surface area contributed by atoms with Crippen LogP contribution in [0, 0.1) is 0 Å². The first-order valence-corrected chi connectivity index (χ1v) is 4.50. The molecule has 0 saturated carbocycles. The van der Waals surface area contributed by atoms with Gasteiger partial charge in [-0.05, 0) is 20.3 Å². The van der Waals surface area contributed by atoms with E-state index in [2.05, 4.69) is 6.92 Å². The summed E-state index contributed by atoms with van der Waals surface area (Å²) in [6.45, 7) is 6.21. The average Bonchev–Trinajstić information content (AvgIpc) is 1.86. The molecular weight excluding hydrogens is 136 g/mol. The van der Waals surface area contributed by atoms with Crippen molar-refractivity contribution in [1.29, 1.82) is 0 Å². The lowest BCUT2D eigenvalue weighted by Crippen LogP contribution is -2.01. The smallest absolute Gasteiger partial charge is 0.0723 e. The van der Waals surface area contributed by atoms with Gasteiger partial charge in [0.2, 0.25) is 0 Å². The standard InChI is InChI=1S/C10H20O/c1-4-5-6-7-10(11)8-9(2)3/h8,10-11H,4-7H2,1-3H3. The molecule has 1 unspecified atom stereocenters. The van der Waals surface area contributed by atoms with Crippen molar-refractivity contribution < 1.29 is 5.11 Å². The summed E-state index contributed by atoms with van der Waals surface area (Å²) in [6, 6.07) is 0. The SMILES string of the molecule is CCCCCC(O)C=C(C)C. The summed E-state index contributed by atoms with van der Waals surface area (Å²) in [6.07, 6.45) is 6.22. The maximum Gasteiger partial charge on any atom is 0.0723 e. The van der Waals surface area contributed by atoms with E-state index >= 15 is 0 Å². The third-order valence-corrected chi connectivity index (χ3v) is 1.63. The molecule has 1 heteroatoms. The molecule has 66 valence electrons. The Kier molecular flexibility index (Phi) is 6.24. The van der Waals surface area contributed by atoms with E-state index in [9.17, 15) is 5.11 Å². The zero-order chi connectivity index (χ0) is 8.69. The highest BCUT2D eigenvalue weighted by Gasteiger charge is 1.97. The van der Waals surface area contributed by atoms with E-state index in [-0.39, 0.29) is 6.10 Å². The van der Waals surface area contributed by atoms with Crippen LogP contribution in [-0.4, -0.2) is 11.2 Å². The summed E-state index contributed by atoms with van der Waals surface area (Å²) in [5.41, 5.74) is 1.20. The number of rotatable bonds is 5. The van der Waals surface area contributed by atoms with Gasteiger partial charge in [0.1, 0.15) is 0 Å². The van der Waals surface area contributed by atoms with Gasteiger partial charge in [0.15, 0.2) is 0 Å². The molecule has 1 atom stereocenters. The van der Waals surface area contributed by atoms with Crippen molar-refractivity contribution in [2.75, 3.05) is 0 Å². The summed E-state index contributed by atoms with van der Waals surface area (Å²) in [4.78, 5) is 0. The largest absolute Gasteiger partial charge is 0.389 e. The second kappa shape index (κ2) is 6.41. The predicted octanol–water partition coefficient (Wildman–Crippen LogP) is 2.89. The molecule has 0 aromatic carbocycles. The Morgan fingerprint density at radius 1 is 1.36 bits per heavy atom. The number of hydrogen-bond donors (Lipinski definition) is 1. The van der Waals surface area contributed by atoms with Gasteiger partial charge >= 0.3 is 0 Å². The first kappa shape index (κ1) is 10.7. The van der Waals surface area contributed by atoms with Crippen molar-refractivity contribution >= 4 is 0 Å². The third kappa shape index (κ3) is 7.60. The minimum absolute atomic E-state index is 0.216. The topological polar surface area (TPSA) is 20.2 Å². The van der Waals surface area contributed by atoms with E-state index in [4.69, 9.17) is 0 Å². The van der Waals surface area contributed by atoms with Gasteiger partial charge in [-0.25, -0.2) is 0 Å². The Morgan fingerprint density at radius 2 is 2.00 bits per heavy atom.